The summed E-state index contributed by atoms with van der Waals surface area (Å²) >= 11 is 5.89. The Hall–Kier alpha value is -1.06. The molecule has 0 saturated heterocycles. The van der Waals surface area contributed by atoms with Crippen molar-refractivity contribution in [2.75, 3.05) is 6.61 Å². The predicted molar refractivity (Wildman–Crippen MR) is 74.2 cm³/mol. The number of hydrogen-bond acceptors (Lipinski definition) is 3. The number of ether oxygens (including phenoxy) is 1. The van der Waals surface area contributed by atoms with Crippen molar-refractivity contribution in [2.45, 2.75) is 44.1 Å². The Morgan fingerprint density at radius 3 is 2.68 bits per heavy atom. The number of carbonyl (C=O) groups is 1. The number of halogens is 1. The molecule has 1 aliphatic rings. The van der Waals surface area contributed by atoms with Crippen molar-refractivity contribution in [1.82, 2.24) is 0 Å². The van der Waals surface area contributed by atoms with Crippen molar-refractivity contribution in [2.24, 2.45) is 0 Å². The summed E-state index contributed by atoms with van der Waals surface area (Å²) in [4.78, 5) is 12.4. The Morgan fingerprint density at radius 1 is 1.42 bits per heavy atom. The minimum atomic E-state index is -0.932. The van der Waals surface area contributed by atoms with Crippen LogP contribution in [0.15, 0.2) is 24.3 Å². The van der Waals surface area contributed by atoms with Gasteiger partial charge in [-0.05, 0) is 37.5 Å². The molecule has 0 aliphatic heterocycles. The third-order valence-electron chi connectivity index (χ3n) is 3.87. The molecule has 0 bridgehead atoms. The lowest BCUT2D eigenvalue weighted by Crippen LogP contribution is -2.49. The van der Waals surface area contributed by atoms with Crippen molar-refractivity contribution in [3.8, 4) is 0 Å². The summed E-state index contributed by atoms with van der Waals surface area (Å²) in [5.41, 5.74) is -0.138. The highest BCUT2D eigenvalue weighted by molar-refractivity contribution is 6.30. The monoisotopic (exact) mass is 282 g/mol. The third kappa shape index (κ3) is 2.63. The number of carbonyl (C=O) groups excluding carboxylic acids is 1. The standard InChI is InChI=1S/C15H19ClO3/c1-2-19-14(18)15(10-4-3-5-13(15)17)11-6-8-12(16)9-7-11/h6-9,13,17H,2-5,10H2,1H3/t13-,15+/m1/s1. The van der Waals surface area contributed by atoms with E-state index >= 15 is 0 Å². The molecule has 1 aromatic carbocycles. The zero-order chi connectivity index (χ0) is 13.9. The number of aliphatic hydroxyl groups excluding tert-OH is 1. The van der Waals surface area contributed by atoms with Gasteiger partial charge in [-0.25, -0.2) is 0 Å². The topological polar surface area (TPSA) is 46.5 Å². The molecule has 2 rings (SSSR count). The van der Waals surface area contributed by atoms with Crippen molar-refractivity contribution in [3.63, 3.8) is 0 Å². The first-order chi connectivity index (χ1) is 9.11. The largest absolute Gasteiger partial charge is 0.465 e. The first kappa shape index (κ1) is 14.4. The van der Waals surface area contributed by atoms with Crippen LogP contribution >= 0.6 is 11.6 Å². The van der Waals surface area contributed by atoms with Crippen LogP contribution in [0.1, 0.15) is 38.2 Å². The molecular formula is C15H19ClO3. The van der Waals surface area contributed by atoms with E-state index in [2.05, 4.69) is 0 Å². The molecule has 0 heterocycles. The minimum absolute atomic E-state index is 0.320. The van der Waals surface area contributed by atoms with E-state index in [1.807, 2.05) is 12.1 Å². The molecule has 1 aromatic rings. The van der Waals surface area contributed by atoms with Gasteiger partial charge in [0, 0.05) is 5.02 Å². The van der Waals surface area contributed by atoms with Crippen LogP contribution in [0.5, 0.6) is 0 Å². The van der Waals surface area contributed by atoms with Gasteiger partial charge in [-0.3, -0.25) is 4.79 Å². The maximum absolute atomic E-state index is 12.4. The summed E-state index contributed by atoms with van der Waals surface area (Å²) in [6.45, 7) is 2.10. The van der Waals surface area contributed by atoms with Crippen molar-refractivity contribution in [3.05, 3.63) is 34.9 Å². The molecule has 1 N–H and O–H groups in total. The molecule has 0 unspecified atom stereocenters. The first-order valence-corrected chi connectivity index (χ1v) is 7.10. The molecule has 2 atom stereocenters. The van der Waals surface area contributed by atoms with E-state index in [4.69, 9.17) is 16.3 Å². The van der Waals surface area contributed by atoms with Gasteiger partial charge in [-0.2, -0.15) is 0 Å². The maximum atomic E-state index is 12.4. The number of rotatable bonds is 3. The Labute approximate surface area is 118 Å². The number of benzene rings is 1. The van der Waals surface area contributed by atoms with Crippen LogP contribution in [0.2, 0.25) is 5.02 Å². The van der Waals surface area contributed by atoms with Crippen molar-refractivity contribution in [1.29, 1.82) is 0 Å². The van der Waals surface area contributed by atoms with Gasteiger partial charge in [0.25, 0.3) is 0 Å². The number of aliphatic hydroxyl groups is 1. The minimum Gasteiger partial charge on any atom is -0.465 e. The van der Waals surface area contributed by atoms with Gasteiger partial charge in [0.05, 0.1) is 12.7 Å². The molecule has 104 valence electrons. The van der Waals surface area contributed by atoms with Crippen molar-refractivity contribution < 1.29 is 14.6 Å². The highest BCUT2D eigenvalue weighted by Gasteiger charge is 2.49. The highest BCUT2D eigenvalue weighted by Crippen LogP contribution is 2.41. The van der Waals surface area contributed by atoms with E-state index in [0.717, 1.165) is 18.4 Å². The Bertz CT molecular complexity index is 443. The van der Waals surface area contributed by atoms with Crippen molar-refractivity contribution >= 4 is 17.6 Å². The lowest BCUT2D eigenvalue weighted by molar-refractivity contribution is -0.157. The number of hydrogen-bond donors (Lipinski definition) is 1. The fraction of sp³-hybridized carbons (Fsp3) is 0.533. The van der Waals surface area contributed by atoms with Gasteiger partial charge in [0.1, 0.15) is 5.41 Å². The quantitative estimate of drug-likeness (QED) is 0.867. The predicted octanol–water partition coefficient (Wildman–Crippen LogP) is 3.08. The van der Waals surface area contributed by atoms with Crippen LogP contribution in [-0.4, -0.2) is 23.8 Å². The van der Waals surface area contributed by atoms with E-state index in [0.29, 0.717) is 24.5 Å². The molecule has 1 saturated carbocycles. The van der Waals surface area contributed by atoms with Crippen LogP contribution in [-0.2, 0) is 14.9 Å². The normalized spacial score (nSPS) is 27.0. The van der Waals surface area contributed by atoms with Gasteiger partial charge in [0.15, 0.2) is 0 Å². The van der Waals surface area contributed by atoms with Gasteiger partial charge in [0.2, 0.25) is 0 Å². The van der Waals surface area contributed by atoms with E-state index in [9.17, 15) is 9.90 Å². The van der Waals surface area contributed by atoms with Crippen LogP contribution in [0.25, 0.3) is 0 Å². The molecule has 0 radical (unpaired) electrons. The second kappa shape index (κ2) is 5.93. The Balaban J connectivity index is 2.43. The summed E-state index contributed by atoms with van der Waals surface area (Å²) in [6.07, 6.45) is 2.41. The highest BCUT2D eigenvalue weighted by atomic mass is 35.5. The maximum Gasteiger partial charge on any atom is 0.319 e. The molecule has 4 heteroatoms. The molecule has 19 heavy (non-hydrogen) atoms. The second-order valence-electron chi connectivity index (χ2n) is 4.96. The van der Waals surface area contributed by atoms with Gasteiger partial charge in [-0.1, -0.05) is 36.6 Å². The second-order valence-corrected chi connectivity index (χ2v) is 5.40. The molecular weight excluding hydrogens is 264 g/mol. The summed E-state index contributed by atoms with van der Waals surface area (Å²) < 4.78 is 5.21. The first-order valence-electron chi connectivity index (χ1n) is 6.72. The Kier molecular flexibility index (Phi) is 4.48. The fourth-order valence-electron chi connectivity index (χ4n) is 2.85. The molecule has 1 fully saturated rings. The third-order valence-corrected chi connectivity index (χ3v) is 4.12. The molecule has 3 nitrogen and oxygen atoms in total. The SMILES string of the molecule is CCOC(=O)[C@]1(c2ccc(Cl)cc2)CCCC[C@H]1O. The van der Waals surface area contributed by atoms with Crippen LogP contribution in [0.4, 0.5) is 0 Å². The van der Waals surface area contributed by atoms with E-state index in [1.165, 1.54) is 0 Å². The van der Waals surface area contributed by atoms with Crippen LogP contribution in [0.3, 0.4) is 0 Å². The zero-order valence-electron chi connectivity index (χ0n) is 11.1. The zero-order valence-corrected chi connectivity index (χ0v) is 11.8. The summed E-state index contributed by atoms with van der Waals surface area (Å²) in [7, 11) is 0. The molecule has 0 spiro atoms. The smallest absolute Gasteiger partial charge is 0.319 e. The lowest BCUT2D eigenvalue weighted by atomic mass is 9.67. The van der Waals surface area contributed by atoms with Crippen LogP contribution in [0, 0.1) is 0 Å². The molecule has 0 aromatic heterocycles. The van der Waals surface area contributed by atoms with E-state index in [1.54, 1.807) is 19.1 Å². The van der Waals surface area contributed by atoms with Gasteiger partial charge in [-0.15, -0.1) is 0 Å². The van der Waals surface area contributed by atoms with E-state index in [-0.39, 0.29) is 5.97 Å². The average molecular weight is 283 g/mol. The average Bonchev–Trinajstić information content (AvgIpc) is 2.41. The lowest BCUT2D eigenvalue weighted by Gasteiger charge is -2.39. The van der Waals surface area contributed by atoms with Crippen LogP contribution < -0.4 is 0 Å². The van der Waals surface area contributed by atoms with Gasteiger partial charge >= 0.3 is 5.97 Å². The fourth-order valence-corrected chi connectivity index (χ4v) is 2.98. The summed E-state index contributed by atoms with van der Waals surface area (Å²) in [5, 5.41) is 11.0. The molecule has 0 amide bonds. The van der Waals surface area contributed by atoms with E-state index < -0.39 is 11.5 Å². The van der Waals surface area contributed by atoms with Gasteiger partial charge < -0.3 is 9.84 Å². The summed E-state index contributed by atoms with van der Waals surface area (Å²) in [6, 6.07) is 7.12. The Morgan fingerprint density at radius 2 is 2.11 bits per heavy atom. The number of esters is 1. The summed E-state index contributed by atoms with van der Waals surface area (Å²) in [5.74, 6) is -0.329. The molecule has 1 aliphatic carbocycles.